The Hall–Kier alpha value is -0.650. The highest BCUT2D eigenvalue weighted by Crippen LogP contribution is 2.37. The molecule has 5 nitrogen and oxygen atoms in total. The van der Waals surface area contributed by atoms with Crippen molar-refractivity contribution < 1.29 is 14.3 Å². The number of rotatable bonds is 4. The predicted octanol–water partition coefficient (Wildman–Crippen LogP) is 1.17. The van der Waals surface area contributed by atoms with Crippen LogP contribution in [-0.2, 0) is 14.3 Å². The third kappa shape index (κ3) is 3.93. The Morgan fingerprint density at radius 3 is 2.45 bits per heavy atom. The molecule has 0 aromatic carbocycles. The third-order valence-corrected chi connectivity index (χ3v) is 4.17. The van der Waals surface area contributed by atoms with E-state index in [4.69, 9.17) is 9.47 Å². The van der Waals surface area contributed by atoms with Gasteiger partial charge in [-0.2, -0.15) is 0 Å². The van der Waals surface area contributed by atoms with Crippen molar-refractivity contribution in [3.05, 3.63) is 0 Å². The van der Waals surface area contributed by atoms with Crippen molar-refractivity contribution in [1.82, 2.24) is 10.2 Å². The minimum absolute atomic E-state index is 0.0879. The molecule has 2 rings (SSSR count). The molecule has 0 aliphatic carbocycles. The number of nitrogens with one attached hydrogen (secondary N) is 1. The normalized spacial score (nSPS) is 28.6. The number of nitrogens with zero attached hydrogens (tertiary/aromatic N) is 1. The largest absolute Gasteiger partial charge is 0.378 e. The molecule has 1 atom stereocenters. The lowest BCUT2D eigenvalue weighted by atomic mass is 9.94. The van der Waals surface area contributed by atoms with Crippen molar-refractivity contribution in [3.8, 4) is 0 Å². The van der Waals surface area contributed by atoms with Crippen LogP contribution in [0.5, 0.6) is 0 Å². The Balaban J connectivity index is 1.74. The molecule has 2 fully saturated rings. The van der Waals surface area contributed by atoms with E-state index >= 15 is 0 Å². The van der Waals surface area contributed by atoms with Gasteiger partial charge in [0.05, 0.1) is 24.4 Å². The van der Waals surface area contributed by atoms with E-state index in [0.29, 0.717) is 32.2 Å². The fourth-order valence-corrected chi connectivity index (χ4v) is 3.20. The Morgan fingerprint density at radius 2 is 1.90 bits per heavy atom. The minimum atomic E-state index is -0.175. The van der Waals surface area contributed by atoms with Gasteiger partial charge in [0.25, 0.3) is 0 Å². The fourth-order valence-electron chi connectivity index (χ4n) is 3.20. The summed E-state index contributed by atoms with van der Waals surface area (Å²) in [5.41, 5.74) is -0.263. The van der Waals surface area contributed by atoms with Crippen LogP contribution in [0, 0.1) is 0 Å². The molecule has 0 saturated carbocycles. The van der Waals surface area contributed by atoms with Gasteiger partial charge in [0.2, 0.25) is 5.91 Å². The quantitative estimate of drug-likeness (QED) is 0.842. The number of hydrogen-bond acceptors (Lipinski definition) is 4. The standard InChI is InChI=1S/C15H28N2O3/c1-14(2)11-12(15(3,4)20-14)16-6-5-13(18)17-7-9-19-10-8-17/h12,16H,5-11H2,1-4H3. The Labute approximate surface area is 122 Å². The number of ether oxygens (including phenoxy) is 2. The highest BCUT2D eigenvalue weighted by molar-refractivity contribution is 5.76. The number of hydrogen-bond donors (Lipinski definition) is 1. The Morgan fingerprint density at radius 1 is 1.25 bits per heavy atom. The maximum absolute atomic E-state index is 12.1. The molecule has 0 aromatic heterocycles. The van der Waals surface area contributed by atoms with Gasteiger partial charge < -0.3 is 19.7 Å². The van der Waals surface area contributed by atoms with Crippen molar-refractivity contribution in [2.45, 2.75) is 57.8 Å². The maximum Gasteiger partial charge on any atom is 0.224 e. The number of carbonyl (C=O) groups excluding carboxylic acids is 1. The molecule has 2 aliphatic rings. The van der Waals surface area contributed by atoms with E-state index in [1.165, 1.54) is 0 Å². The van der Waals surface area contributed by atoms with Crippen molar-refractivity contribution in [2.24, 2.45) is 0 Å². The molecule has 1 N–H and O–H groups in total. The van der Waals surface area contributed by atoms with E-state index in [2.05, 4.69) is 33.0 Å². The van der Waals surface area contributed by atoms with Gasteiger partial charge >= 0.3 is 0 Å². The summed E-state index contributed by atoms with van der Waals surface area (Å²) in [5, 5.41) is 3.49. The van der Waals surface area contributed by atoms with Crippen LogP contribution in [0.4, 0.5) is 0 Å². The van der Waals surface area contributed by atoms with Crippen molar-refractivity contribution in [3.63, 3.8) is 0 Å². The molecule has 1 amide bonds. The van der Waals surface area contributed by atoms with Gasteiger partial charge in [-0.15, -0.1) is 0 Å². The minimum Gasteiger partial charge on any atom is -0.378 e. The Bertz CT molecular complexity index is 349. The zero-order valence-electron chi connectivity index (χ0n) is 13.2. The van der Waals surface area contributed by atoms with Crippen LogP contribution in [0.3, 0.4) is 0 Å². The lowest BCUT2D eigenvalue weighted by Crippen LogP contribution is -2.46. The zero-order chi connectivity index (χ0) is 14.8. The summed E-state index contributed by atoms with van der Waals surface area (Å²) in [6, 6.07) is 0.301. The highest BCUT2D eigenvalue weighted by Gasteiger charge is 2.45. The monoisotopic (exact) mass is 284 g/mol. The van der Waals surface area contributed by atoms with Gasteiger partial charge in [0.1, 0.15) is 0 Å². The molecule has 5 heteroatoms. The summed E-state index contributed by atoms with van der Waals surface area (Å²) < 4.78 is 11.3. The first-order valence-corrected chi connectivity index (χ1v) is 7.59. The first kappa shape index (κ1) is 15.7. The second-order valence-electron chi connectivity index (χ2n) is 6.92. The first-order valence-electron chi connectivity index (χ1n) is 7.59. The molecule has 0 aromatic rings. The van der Waals surface area contributed by atoms with Crippen LogP contribution >= 0.6 is 0 Å². The van der Waals surface area contributed by atoms with Gasteiger partial charge in [0.15, 0.2) is 0 Å². The van der Waals surface area contributed by atoms with E-state index in [1.807, 2.05) is 4.90 Å². The summed E-state index contributed by atoms with van der Waals surface area (Å²) in [4.78, 5) is 14.0. The molecule has 0 spiro atoms. The molecule has 2 aliphatic heterocycles. The van der Waals surface area contributed by atoms with Gasteiger partial charge in [-0.3, -0.25) is 4.79 Å². The average Bonchev–Trinajstić information content (AvgIpc) is 2.58. The SMILES string of the molecule is CC1(C)CC(NCCC(=O)N2CCOCC2)C(C)(C)O1. The summed E-state index contributed by atoms with van der Waals surface area (Å²) in [6.45, 7) is 12.0. The molecular weight excluding hydrogens is 256 g/mol. The number of amides is 1. The highest BCUT2D eigenvalue weighted by atomic mass is 16.5. The van der Waals surface area contributed by atoms with Gasteiger partial charge in [-0.05, 0) is 34.1 Å². The second kappa shape index (κ2) is 6.00. The second-order valence-corrected chi connectivity index (χ2v) is 6.92. The van der Waals surface area contributed by atoms with E-state index in [-0.39, 0.29) is 17.1 Å². The lowest BCUT2D eigenvalue weighted by Gasteiger charge is -2.29. The molecule has 0 radical (unpaired) electrons. The third-order valence-electron chi connectivity index (χ3n) is 4.17. The van der Waals surface area contributed by atoms with Gasteiger partial charge in [0, 0.05) is 32.1 Å². The number of morpholine rings is 1. The number of carbonyl (C=O) groups is 1. The molecule has 2 heterocycles. The van der Waals surface area contributed by atoms with E-state index < -0.39 is 0 Å². The van der Waals surface area contributed by atoms with Crippen LogP contribution in [0.1, 0.15) is 40.5 Å². The van der Waals surface area contributed by atoms with Crippen LogP contribution < -0.4 is 5.32 Å². The molecule has 1 unspecified atom stereocenters. The van der Waals surface area contributed by atoms with Crippen LogP contribution in [-0.4, -0.2) is 60.9 Å². The lowest BCUT2D eigenvalue weighted by molar-refractivity contribution is -0.135. The van der Waals surface area contributed by atoms with E-state index in [1.54, 1.807) is 0 Å². The molecule has 20 heavy (non-hydrogen) atoms. The Kier molecular flexibility index (Phi) is 4.72. The topological polar surface area (TPSA) is 50.8 Å². The predicted molar refractivity (Wildman–Crippen MR) is 77.7 cm³/mol. The molecule has 0 bridgehead atoms. The van der Waals surface area contributed by atoms with Crippen LogP contribution in [0.25, 0.3) is 0 Å². The molecule has 116 valence electrons. The maximum atomic E-state index is 12.1. The molecular formula is C15H28N2O3. The first-order chi connectivity index (χ1) is 9.30. The van der Waals surface area contributed by atoms with Gasteiger partial charge in [-0.25, -0.2) is 0 Å². The van der Waals surface area contributed by atoms with Crippen LogP contribution in [0.2, 0.25) is 0 Å². The van der Waals surface area contributed by atoms with Gasteiger partial charge in [-0.1, -0.05) is 0 Å². The van der Waals surface area contributed by atoms with Crippen molar-refractivity contribution >= 4 is 5.91 Å². The smallest absolute Gasteiger partial charge is 0.224 e. The summed E-state index contributed by atoms with van der Waals surface area (Å²) in [5.74, 6) is 0.219. The summed E-state index contributed by atoms with van der Waals surface area (Å²) in [6.07, 6.45) is 1.53. The zero-order valence-corrected chi connectivity index (χ0v) is 13.2. The van der Waals surface area contributed by atoms with Crippen molar-refractivity contribution in [1.29, 1.82) is 0 Å². The summed E-state index contributed by atoms with van der Waals surface area (Å²) >= 11 is 0. The van der Waals surface area contributed by atoms with E-state index in [9.17, 15) is 4.79 Å². The average molecular weight is 284 g/mol. The molecule has 2 saturated heterocycles. The van der Waals surface area contributed by atoms with Crippen LogP contribution in [0.15, 0.2) is 0 Å². The summed E-state index contributed by atoms with van der Waals surface area (Å²) in [7, 11) is 0. The van der Waals surface area contributed by atoms with E-state index in [0.717, 1.165) is 19.5 Å². The van der Waals surface area contributed by atoms with Crippen molar-refractivity contribution in [2.75, 3.05) is 32.8 Å². The fraction of sp³-hybridized carbons (Fsp3) is 0.933.